The molecule has 0 fully saturated rings. The molecule has 1 aromatic carbocycles. The Morgan fingerprint density at radius 3 is 2.67 bits per heavy atom. The van der Waals surface area contributed by atoms with E-state index in [1.807, 2.05) is 6.92 Å². The number of guanidine groups is 1. The van der Waals surface area contributed by atoms with Gasteiger partial charge in [0, 0.05) is 11.9 Å². The maximum absolute atomic E-state index is 14.0. The van der Waals surface area contributed by atoms with Gasteiger partial charge in [-0.15, -0.1) is 16.9 Å². The molecular formula is C11H14Cl2FN5OS. The van der Waals surface area contributed by atoms with Crippen LogP contribution in [0.4, 0.5) is 4.39 Å². The first-order chi connectivity index (χ1) is 9.83. The smallest absolute Gasteiger partial charge is 0.262 e. The Balaban J connectivity index is 3.24. The Hall–Kier alpha value is -1.22. The van der Waals surface area contributed by atoms with Crippen molar-refractivity contribution in [3.05, 3.63) is 27.5 Å². The van der Waals surface area contributed by atoms with Crippen molar-refractivity contribution in [2.45, 2.75) is 11.8 Å². The molecule has 1 aromatic rings. The monoisotopic (exact) mass is 353 g/mol. The van der Waals surface area contributed by atoms with Crippen molar-refractivity contribution in [3.8, 4) is 0 Å². The number of rotatable bonds is 3. The van der Waals surface area contributed by atoms with Crippen molar-refractivity contribution < 1.29 is 9.18 Å². The average molecular weight is 354 g/mol. The summed E-state index contributed by atoms with van der Waals surface area (Å²) in [5.74, 6) is 9.33. The van der Waals surface area contributed by atoms with Gasteiger partial charge in [-0.3, -0.25) is 15.1 Å². The molecule has 10 heteroatoms. The summed E-state index contributed by atoms with van der Waals surface area (Å²) in [6.45, 7) is 1.88. The number of nitrogens with two attached hydrogens (primary N) is 2. The molecule has 6 nitrogen and oxygen atoms in total. The van der Waals surface area contributed by atoms with Gasteiger partial charge in [-0.05, 0) is 11.8 Å². The maximum atomic E-state index is 14.0. The summed E-state index contributed by atoms with van der Waals surface area (Å²) >= 11 is 13.3. The van der Waals surface area contributed by atoms with Gasteiger partial charge >= 0.3 is 0 Å². The van der Waals surface area contributed by atoms with Crippen molar-refractivity contribution >= 4 is 46.8 Å². The molecule has 0 unspecified atom stereocenters. The molecule has 0 heterocycles. The quantitative estimate of drug-likeness (QED) is 0.254. The van der Waals surface area contributed by atoms with Crippen molar-refractivity contribution in [3.63, 3.8) is 0 Å². The lowest BCUT2D eigenvalue weighted by Crippen LogP contribution is -2.46. The van der Waals surface area contributed by atoms with Gasteiger partial charge in [-0.1, -0.05) is 30.1 Å². The molecule has 0 aliphatic rings. The molecule has 0 saturated carbocycles. The number of hydrazone groups is 1. The van der Waals surface area contributed by atoms with Crippen LogP contribution in [0, 0.1) is 5.82 Å². The van der Waals surface area contributed by atoms with Crippen LogP contribution in [0.2, 0.25) is 10.0 Å². The Bertz CT molecular complexity index is 582. The van der Waals surface area contributed by atoms with Crippen LogP contribution in [0.1, 0.15) is 17.3 Å². The third-order valence-electron chi connectivity index (χ3n) is 2.33. The van der Waals surface area contributed by atoms with Crippen LogP contribution in [0.15, 0.2) is 16.1 Å². The van der Waals surface area contributed by atoms with E-state index in [4.69, 9.17) is 34.9 Å². The molecule has 5 N–H and O–H groups in total. The number of hydrogen-bond acceptors (Lipinski definition) is 5. The van der Waals surface area contributed by atoms with Gasteiger partial charge in [0.25, 0.3) is 5.91 Å². The van der Waals surface area contributed by atoms with Crippen LogP contribution in [0.5, 0.6) is 0 Å². The maximum Gasteiger partial charge on any atom is 0.262 e. The third kappa shape index (κ3) is 4.13. The Morgan fingerprint density at radius 2 is 2.19 bits per heavy atom. The second-order valence-corrected chi connectivity index (χ2v) is 5.87. The van der Waals surface area contributed by atoms with Gasteiger partial charge in [-0.25, -0.2) is 10.2 Å². The number of hydrazine groups is 1. The highest BCUT2D eigenvalue weighted by Gasteiger charge is 2.23. The largest absolute Gasteiger partial charge is 0.320 e. The lowest BCUT2D eigenvalue weighted by Gasteiger charge is -2.16. The number of halogens is 3. The predicted molar refractivity (Wildman–Crippen MR) is 83.9 cm³/mol. The van der Waals surface area contributed by atoms with Gasteiger partial charge in [-0.2, -0.15) is 0 Å². The summed E-state index contributed by atoms with van der Waals surface area (Å²) in [7, 11) is 1.41. The van der Waals surface area contributed by atoms with E-state index in [2.05, 4.69) is 10.4 Å². The van der Waals surface area contributed by atoms with Gasteiger partial charge in [0.15, 0.2) is 0 Å². The molecule has 0 aliphatic heterocycles. The van der Waals surface area contributed by atoms with Gasteiger partial charge in [0.05, 0.1) is 15.6 Å². The van der Waals surface area contributed by atoms with E-state index in [0.717, 1.165) is 11.1 Å². The molecule has 0 spiro atoms. The zero-order valence-corrected chi connectivity index (χ0v) is 13.6. The van der Waals surface area contributed by atoms with Crippen molar-refractivity contribution in [2.75, 3.05) is 12.8 Å². The first-order valence-corrected chi connectivity index (χ1v) is 7.45. The second-order valence-electron chi connectivity index (χ2n) is 3.81. The molecule has 0 aromatic heterocycles. The molecule has 1 rings (SSSR count). The van der Waals surface area contributed by atoms with Crippen LogP contribution in [-0.4, -0.2) is 29.7 Å². The molecule has 116 valence electrons. The summed E-state index contributed by atoms with van der Waals surface area (Å²) in [5.41, 5.74) is -0.347. The fourth-order valence-corrected chi connectivity index (χ4v) is 2.99. The summed E-state index contributed by atoms with van der Waals surface area (Å²) in [5, 5.41) is 6.59. The summed E-state index contributed by atoms with van der Waals surface area (Å²) in [6, 6.07) is 1.03. The summed E-state index contributed by atoms with van der Waals surface area (Å²) < 4.78 is 14.0. The predicted octanol–water partition coefficient (Wildman–Crippen LogP) is 2.01. The van der Waals surface area contributed by atoms with Crippen molar-refractivity contribution in [1.82, 2.24) is 10.3 Å². The number of nitrogens with one attached hydrogen (secondary N) is 1. The van der Waals surface area contributed by atoms with E-state index in [1.165, 1.54) is 18.8 Å². The average Bonchev–Trinajstić information content (AvgIpc) is 2.40. The molecule has 21 heavy (non-hydrogen) atoms. The standard InChI is InChI=1S/C11H14Cl2FN5OS/c1-3-21-9-5(12)4-6(14)7(8(9)13)10(20)17-11(18-15)19(2)16/h4H,3,15-16H2,1-2H3,(H,17,18,20). The topological polar surface area (TPSA) is 96.7 Å². The molecule has 0 bridgehead atoms. The zero-order valence-electron chi connectivity index (χ0n) is 11.3. The van der Waals surface area contributed by atoms with E-state index >= 15 is 0 Å². The molecule has 0 aliphatic carbocycles. The van der Waals surface area contributed by atoms with Crippen LogP contribution in [-0.2, 0) is 0 Å². The van der Waals surface area contributed by atoms with Crippen molar-refractivity contribution in [2.24, 2.45) is 16.8 Å². The minimum Gasteiger partial charge on any atom is -0.320 e. The van der Waals surface area contributed by atoms with E-state index in [9.17, 15) is 9.18 Å². The highest BCUT2D eigenvalue weighted by molar-refractivity contribution is 7.99. The Morgan fingerprint density at radius 1 is 1.57 bits per heavy atom. The van der Waals surface area contributed by atoms with E-state index in [0.29, 0.717) is 10.6 Å². The molecule has 0 atom stereocenters. The molecule has 0 saturated heterocycles. The van der Waals surface area contributed by atoms with Gasteiger partial charge in [0.1, 0.15) is 5.82 Å². The fraction of sp³-hybridized carbons (Fsp3) is 0.273. The van der Waals surface area contributed by atoms with Crippen LogP contribution in [0.3, 0.4) is 0 Å². The molecule has 1 amide bonds. The minimum absolute atomic E-state index is 0.0691. The van der Waals surface area contributed by atoms with Crippen molar-refractivity contribution in [1.29, 1.82) is 0 Å². The minimum atomic E-state index is -0.848. The number of thioether (sulfide) groups is 1. The Labute approximate surface area is 135 Å². The second kappa shape index (κ2) is 7.69. The van der Waals surface area contributed by atoms with Gasteiger partial charge in [0.2, 0.25) is 5.96 Å². The first kappa shape index (κ1) is 17.8. The summed E-state index contributed by atoms with van der Waals surface area (Å²) in [4.78, 5) is 12.6. The number of carbonyl (C=O) groups is 1. The number of carbonyl (C=O) groups excluding carboxylic acids is 1. The zero-order chi connectivity index (χ0) is 16.2. The number of hydrogen-bond donors (Lipinski definition) is 3. The molecular weight excluding hydrogens is 340 g/mol. The summed E-state index contributed by atoms with van der Waals surface area (Å²) in [6.07, 6.45) is 0. The van der Waals surface area contributed by atoms with Crippen LogP contribution >= 0.6 is 35.0 Å². The highest BCUT2D eigenvalue weighted by Crippen LogP contribution is 2.37. The highest BCUT2D eigenvalue weighted by atomic mass is 35.5. The van der Waals surface area contributed by atoms with Crippen LogP contribution in [0.25, 0.3) is 0 Å². The SMILES string of the molecule is CCSc1c(Cl)cc(F)c(C(=O)N/C(=N/N)N(C)N)c1Cl. The number of benzene rings is 1. The van der Waals surface area contributed by atoms with E-state index in [-0.39, 0.29) is 21.6 Å². The Kier molecular flexibility index (Phi) is 6.53. The normalized spacial score (nSPS) is 11.4. The van der Waals surface area contributed by atoms with Crippen LogP contribution < -0.4 is 17.0 Å². The number of amides is 1. The first-order valence-electron chi connectivity index (χ1n) is 5.71. The third-order valence-corrected chi connectivity index (χ3v) is 4.23. The van der Waals surface area contributed by atoms with E-state index < -0.39 is 11.7 Å². The lowest BCUT2D eigenvalue weighted by atomic mass is 10.2. The van der Waals surface area contributed by atoms with Gasteiger partial charge < -0.3 is 5.84 Å². The van der Waals surface area contributed by atoms with E-state index in [1.54, 1.807) is 0 Å². The fourth-order valence-electron chi connectivity index (χ4n) is 1.43. The molecule has 0 radical (unpaired) electrons. The number of nitrogens with zero attached hydrogens (tertiary/aromatic N) is 2. The lowest BCUT2D eigenvalue weighted by molar-refractivity contribution is 0.0968.